The lowest BCUT2D eigenvalue weighted by Gasteiger charge is -2.11. The van der Waals surface area contributed by atoms with Crippen molar-refractivity contribution in [2.75, 3.05) is 18.5 Å². The van der Waals surface area contributed by atoms with Crippen LogP contribution in [-0.4, -0.2) is 34.9 Å². The first kappa shape index (κ1) is 19.4. The van der Waals surface area contributed by atoms with E-state index in [0.29, 0.717) is 0 Å². The summed E-state index contributed by atoms with van der Waals surface area (Å²) < 4.78 is 11.6. The number of rotatable bonds is 6. The van der Waals surface area contributed by atoms with E-state index in [1.54, 1.807) is 14.0 Å². The van der Waals surface area contributed by atoms with Crippen molar-refractivity contribution in [2.24, 2.45) is 7.05 Å². The Balaban J connectivity index is 2.05. The summed E-state index contributed by atoms with van der Waals surface area (Å²) in [6, 6.07) is 2.83. The summed E-state index contributed by atoms with van der Waals surface area (Å²) in [5.41, 5.74) is 0.144. The van der Waals surface area contributed by atoms with Crippen molar-refractivity contribution in [2.45, 2.75) is 6.92 Å². The predicted octanol–water partition coefficient (Wildman–Crippen LogP) is 3.57. The predicted molar refractivity (Wildman–Crippen MR) is 94.8 cm³/mol. The highest BCUT2D eigenvalue weighted by Gasteiger charge is 2.19. The lowest BCUT2D eigenvalue weighted by molar-refractivity contribution is -0.118. The van der Waals surface area contributed by atoms with Crippen LogP contribution >= 0.6 is 34.8 Å². The summed E-state index contributed by atoms with van der Waals surface area (Å²) in [7, 11) is 1.58. The minimum absolute atomic E-state index is 0.144. The molecule has 10 heteroatoms. The Morgan fingerprint density at radius 3 is 2.56 bits per heavy atom. The van der Waals surface area contributed by atoms with E-state index in [9.17, 15) is 9.59 Å². The highest BCUT2D eigenvalue weighted by molar-refractivity contribution is 6.43. The second-order valence-corrected chi connectivity index (χ2v) is 6.01. The van der Waals surface area contributed by atoms with Crippen LogP contribution in [0.4, 0.5) is 5.82 Å². The molecule has 1 amide bonds. The van der Waals surface area contributed by atoms with Gasteiger partial charge < -0.3 is 14.8 Å². The zero-order valence-corrected chi connectivity index (χ0v) is 15.6. The van der Waals surface area contributed by atoms with Crippen molar-refractivity contribution in [1.29, 1.82) is 0 Å². The fourth-order valence-corrected chi connectivity index (χ4v) is 2.46. The number of hydrogen-bond donors (Lipinski definition) is 1. The third-order valence-corrected chi connectivity index (χ3v) is 4.04. The molecule has 1 aromatic carbocycles. The first-order valence-electron chi connectivity index (χ1n) is 7.09. The van der Waals surface area contributed by atoms with Gasteiger partial charge >= 0.3 is 5.97 Å². The van der Waals surface area contributed by atoms with Crippen LogP contribution in [0.3, 0.4) is 0 Å². The van der Waals surface area contributed by atoms with Crippen molar-refractivity contribution in [3.05, 3.63) is 39.0 Å². The number of carbonyl (C=O) groups excluding carboxylic acids is 2. The second kappa shape index (κ2) is 8.42. The number of hydrogen-bond acceptors (Lipinski definition) is 5. The van der Waals surface area contributed by atoms with Gasteiger partial charge in [0.1, 0.15) is 17.1 Å². The van der Waals surface area contributed by atoms with E-state index in [0.717, 1.165) is 0 Å². The summed E-state index contributed by atoms with van der Waals surface area (Å²) in [6.45, 7) is 1.53. The summed E-state index contributed by atoms with van der Waals surface area (Å²) in [5, 5.41) is 7.22. The van der Waals surface area contributed by atoms with E-state index in [4.69, 9.17) is 44.3 Å². The quantitative estimate of drug-likeness (QED) is 0.586. The zero-order chi connectivity index (χ0) is 18.6. The monoisotopic (exact) mass is 405 g/mol. The molecule has 0 saturated carbocycles. The van der Waals surface area contributed by atoms with Crippen molar-refractivity contribution in [1.82, 2.24) is 9.78 Å². The van der Waals surface area contributed by atoms with E-state index in [1.807, 2.05) is 0 Å². The molecule has 1 aromatic heterocycles. The maximum atomic E-state index is 12.1. The van der Waals surface area contributed by atoms with Gasteiger partial charge in [0.25, 0.3) is 5.91 Å². The number of carbonyl (C=O) groups is 2. The molecule has 0 radical (unpaired) electrons. The van der Waals surface area contributed by atoms with Gasteiger partial charge in [0.2, 0.25) is 0 Å². The smallest absolute Gasteiger partial charge is 0.343 e. The highest BCUT2D eigenvalue weighted by atomic mass is 35.5. The first-order valence-corrected chi connectivity index (χ1v) is 8.23. The number of ether oxygens (including phenoxy) is 2. The van der Waals surface area contributed by atoms with Crippen LogP contribution in [0.15, 0.2) is 18.3 Å². The second-order valence-electron chi connectivity index (χ2n) is 4.78. The SMILES string of the molecule is CCOC(=O)c1cnn(C)c1NC(=O)COc1cc(Cl)c(Cl)cc1Cl. The van der Waals surface area contributed by atoms with Crippen LogP contribution in [0.2, 0.25) is 15.1 Å². The molecule has 0 spiro atoms. The van der Waals surface area contributed by atoms with E-state index in [2.05, 4.69) is 10.4 Å². The maximum absolute atomic E-state index is 12.1. The molecule has 2 rings (SSSR count). The molecular weight excluding hydrogens is 393 g/mol. The topological polar surface area (TPSA) is 82.5 Å². The van der Waals surface area contributed by atoms with Crippen LogP contribution in [0.5, 0.6) is 5.75 Å². The number of aryl methyl sites for hydroxylation is 1. The normalized spacial score (nSPS) is 10.4. The van der Waals surface area contributed by atoms with Gasteiger partial charge in [0, 0.05) is 13.1 Å². The molecule has 25 heavy (non-hydrogen) atoms. The van der Waals surface area contributed by atoms with E-state index in [-0.39, 0.29) is 45.4 Å². The van der Waals surface area contributed by atoms with Crippen molar-refractivity contribution in [3.63, 3.8) is 0 Å². The molecule has 0 unspecified atom stereocenters. The highest BCUT2D eigenvalue weighted by Crippen LogP contribution is 2.33. The number of benzene rings is 1. The molecule has 0 saturated heterocycles. The van der Waals surface area contributed by atoms with Gasteiger partial charge in [-0.2, -0.15) is 5.10 Å². The molecule has 0 aliphatic rings. The number of amides is 1. The number of nitrogens with one attached hydrogen (secondary N) is 1. The number of nitrogens with zero attached hydrogens (tertiary/aromatic N) is 2. The van der Waals surface area contributed by atoms with Crippen LogP contribution < -0.4 is 10.1 Å². The Labute approximate surface area is 158 Å². The van der Waals surface area contributed by atoms with Crippen molar-refractivity contribution >= 4 is 52.5 Å². The van der Waals surface area contributed by atoms with Crippen molar-refractivity contribution < 1.29 is 19.1 Å². The Hall–Kier alpha value is -1.96. The number of halogens is 3. The molecule has 0 aliphatic carbocycles. The van der Waals surface area contributed by atoms with Crippen LogP contribution in [0.1, 0.15) is 17.3 Å². The molecule has 1 heterocycles. The zero-order valence-electron chi connectivity index (χ0n) is 13.3. The molecule has 134 valence electrons. The average Bonchev–Trinajstić information content (AvgIpc) is 2.91. The van der Waals surface area contributed by atoms with Gasteiger partial charge in [-0.3, -0.25) is 9.48 Å². The number of aromatic nitrogens is 2. The molecule has 7 nitrogen and oxygen atoms in total. The summed E-state index contributed by atoms with van der Waals surface area (Å²) in [4.78, 5) is 24.0. The van der Waals surface area contributed by atoms with E-state index < -0.39 is 11.9 Å². The fraction of sp³-hybridized carbons (Fsp3) is 0.267. The molecule has 1 N–H and O–H groups in total. The molecule has 2 aromatic rings. The van der Waals surface area contributed by atoms with Crippen molar-refractivity contribution in [3.8, 4) is 5.75 Å². The molecule has 0 bridgehead atoms. The maximum Gasteiger partial charge on any atom is 0.343 e. The van der Waals surface area contributed by atoms with Gasteiger partial charge in [-0.1, -0.05) is 34.8 Å². The van der Waals surface area contributed by atoms with Crippen LogP contribution in [-0.2, 0) is 16.6 Å². The first-order chi connectivity index (χ1) is 11.8. The van der Waals surface area contributed by atoms with Gasteiger partial charge in [0.05, 0.1) is 27.9 Å². The third kappa shape index (κ3) is 4.78. The van der Waals surface area contributed by atoms with Gasteiger partial charge in [0.15, 0.2) is 6.61 Å². The van der Waals surface area contributed by atoms with E-state index in [1.165, 1.54) is 23.0 Å². The third-order valence-electron chi connectivity index (χ3n) is 3.03. The summed E-state index contributed by atoms with van der Waals surface area (Å²) >= 11 is 17.7. The Bertz CT molecular complexity index is 808. The van der Waals surface area contributed by atoms with Gasteiger partial charge in [-0.05, 0) is 13.0 Å². The standard InChI is InChI=1S/C15H14Cl3N3O4/c1-3-24-15(23)8-6-19-21(2)14(8)20-13(22)7-25-12-5-10(17)9(16)4-11(12)18/h4-6H,3,7H2,1-2H3,(H,20,22). The summed E-state index contributed by atoms with van der Waals surface area (Å²) in [5.74, 6) is -0.690. The Morgan fingerprint density at radius 1 is 1.20 bits per heavy atom. The largest absolute Gasteiger partial charge is 0.482 e. The number of anilines is 1. The molecule has 0 atom stereocenters. The minimum atomic E-state index is -0.584. The number of esters is 1. The van der Waals surface area contributed by atoms with E-state index >= 15 is 0 Å². The molecule has 0 fully saturated rings. The minimum Gasteiger partial charge on any atom is -0.482 e. The fourth-order valence-electron chi connectivity index (χ4n) is 1.87. The average molecular weight is 407 g/mol. The summed E-state index contributed by atoms with van der Waals surface area (Å²) in [6.07, 6.45) is 1.31. The Morgan fingerprint density at radius 2 is 1.88 bits per heavy atom. The van der Waals surface area contributed by atoms with Gasteiger partial charge in [-0.15, -0.1) is 0 Å². The van der Waals surface area contributed by atoms with Crippen LogP contribution in [0.25, 0.3) is 0 Å². The lowest BCUT2D eigenvalue weighted by Crippen LogP contribution is -2.23. The Kier molecular flexibility index (Phi) is 6.52. The van der Waals surface area contributed by atoms with Crippen LogP contribution in [0, 0.1) is 0 Å². The van der Waals surface area contributed by atoms with Gasteiger partial charge in [-0.25, -0.2) is 4.79 Å². The molecule has 0 aliphatic heterocycles. The molecular formula is C15H14Cl3N3O4. The lowest BCUT2D eigenvalue weighted by atomic mass is 10.3.